The van der Waals surface area contributed by atoms with Gasteiger partial charge in [-0.05, 0) is 23.8 Å². The van der Waals surface area contributed by atoms with Gasteiger partial charge < -0.3 is 10.2 Å². The first-order valence-electron chi connectivity index (χ1n) is 7.24. The fraction of sp³-hybridized carbons (Fsp3) is 0.312. The molecule has 0 aliphatic carbocycles. The van der Waals surface area contributed by atoms with Gasteiger partial charge in [0.2, 0.25) is 0 Å². The summed E-state index contributed by atoms with van der Waals surface area (Å²) in [6.07, 6.45) is -2.99. The summed E-state index contributed by atoms with van der Waals surface area (Å²) in [5, 5.41) is 3.60. The van der Waals surface area contributed by atoms with Gasteiger partial charge in [-0.2, -0.15) is 13.2 Å². The van der Waals surface area contributed by atoms with Gasteiger partial charge in [0.05, 0.1) is 5.56 Å². The first kappa shape index (κ1) is 16.1. The van der Waals surface area contributed by atoms with Crippen molar-refractivity contribution in [3.05, 3.63) is 47.1 Å². The molecule has 3 nitrogen and oxygen atoms in total. The van der Waals surface area contributed by atoms with Crippen LogP contribution in [0.15, 0.2) is 36.5 Å². The number of benzene rings is 1. The molecular formula is C16H15ClF3N3. The number of pyridine rings is 1. The first-order valence-corrected chi connectivity index (χ1v) is 7.62. The molecule has 1 aliphatic rings. The molecular weight excluding hydrogens is 327 g/mol. The SMILES string of the molecule is FC(F)(F)c1cc(-c2cccc(Cl)c2)cnc1N1CCNCC1. The third-order valence-electron chi connectivity index (χ3n) is 3.75. The van der Waals surface area contributed by atoms with Crippen molar-refractivity contribution in [2.75, 3.05) is 31.1 Å². The van der Waals surface area contributed by atoms with Crippen molar-refractivity contribution in [3.8, 4) is 11.1 Å². The van der Waals surface area contributed by atoms with E-state index in [-0.39, 0.29) is 5.82 Å². The van der Waals surface area contributed by atoms with Crippen molar-refractivity contribution < 1.29 is 13.2 Å². The lowest BCUT2D eigenvalue weighted by molar-refractivity contribution is -0.137. The monoisotopic (exact) mass is 341 g/mol. The molecule has 1 fully saturated rings. The lowest BCUT2D eigenvalue weighted by atomic mass is 10.0. The molecule has 0 amide bonds. The van der Waals surface area contributed by atoms with E-state index in [1.165, 1.54) is 6.20 Å². The zero-order valence-electron chi connectivity index (χ0n) is 12.2. The zero-order valence-corrected chi connectivity index (χ0v) is 13.0. The van der Waals surface area contributed by atoms with Crippen LogP contribution in [0.4, 0.5) is 19.0 Å². The molecule has 1 aromatic heterocycles. The Morgan fingerprint density at radius 2 is 1.83 bits per heavy atom. The van der Waals surface area contributed by atoms with Crippen LogP contribution in [-0.4, -0.2) is 31.2 Å². The van der Waals surface area contributed by atoms with E-state index < -0.39 is 11.7 Å². The summed E-state index contributed by atoms with van der Waals surface area (Å²) in [4.78, 5) is 5.78. The average molecular weight is 342 g/mol. The van der Waals surface area contributed by atoms with Gasteiger partial charge in [-0.15, -0.1) is 0 Å². The Morgan fingerprint density at radius 3 is 2.48 bits per heavy atom. The smallest absolute Gasteiger partial charge is 0.354 e. The molecule has 1 aliphatic heterocycles. The van der Waals surface area contributed by atoms with Gasteiger partial charge in [-0.3, -0.25) is 0 Å². The van der Waals surface area contributed by atoms with E-state index in [1.54, 1.807) is 29.2 Å². The predicted molar refractivity (Wildman–Crippen MR) is 84.8 cm³/mol. The standard InChI is InChI=1S/C16H15ClF3N3/c17-13-3-1-2-11(8-13)12-9-14(16(18,19)20)15(22-10-12)23-6-4-21-5-7-23/h1-3,8-10,21H,4-7H2. The molecule has 2 heterocycles. The molecule has 0 unspecified atom stereocenters. The van der Waals surface area contributed by atoms with Gasteiger partial charge in [0.25, 0.3) is 0 Å². The van der Waals surface area contributed by atoms with Gasteiger partial charge in [0.1, 0.15) is 5.82 Å². The van der Waals surface area contributed by atoms with Crippen molar-refractivity contribution in [1.82, 2.24) is 10.3 Å². The minimum absolute atomic E-state index is 0.00946. The Labute approximate surface area is 137 Å². The van der Waals surface area contributed by atoms with Gasteiger partial charge in [0, 0.05) is 43.0 Å². The van der Waals surface area contributed by atoms with Crippen LogP contribution >= 0.6 is 11.6 Å². The van der Waals surface area contributed by atoms with E-state index >= 15 is 0 Å². The van der Waals surface area contributed by atoms with Crippen molar-refractivity contribution in [1.29, 1.82) is 0 Å². The second-order valence-electron chi connectivity index (χ2n) is 5.34. The van der Waals surface area contributed by atoms with Crippen LogP contribution in [0.25, 0.3) is 11.1 Å². The van der Waals surface area contributed by atoms with E-state index in [4.69, 9.17) is 11.6 Å². The molecule has 7 heteroatoms. The Hall–Kier alpha value is -1.79. The summed E-state index contributed by atoms with van der Waals surface area (Å²) in [7, 11) is 0. The second kappa shape index (κ2) is 6.37. The van der Waals surface area contributed by atoms with Crippen molar-refractivity contribution >= 4 is 17.4 Å². The fourth-order valence-electron chi connectivity index (χ4n) is 2.62. The van der Waals surface area contributed by atoms with E-state index in [1.807, 2.05) is 0 Å². The first-order chi connectivity index (χ1) is 10.9. The van der Waals surface area contributed by atoms with E-state index in [0.717, 1.165) is 6.07 Å². The number of hydrogen-bond acceptors (Lipinski definition) is 3. The van der Waals surface area contributed by atoms with Crippen LogP contribution in [0.3, 0.4) is 0 Å². The molecule has 0 bridgehead atoms. The molecule has 0 spiro atoms. The topological polar surface area (TPSA) is 28.2 Å². The van der Waals surface area contributed by atoms with Gasteiger partial charge in [-0.25, -0.2) is 4.98 Å². The van der Waals surface area contributed by atoms with Crippen molar-refractivity contribution in [3.63, 3.8) is 0 Å². The zero-order chi connectivity index (χ0) is 16.4. The molecule has 1 N–H and O–H groups in total. The highest BCUT2D eigenvalue weighted by atomic mass is 35.5. The summed E-state index contributed by atoms with van der Waals surface area (Å²) < 4.78 is 40.4. The minimum Gasteiger partial charge on any atom is -0.354 e. The Morgan fingerprint density at radius 1 is 1.09 bits per heavy atom. The average Bonchev–Trinajstić information content (AvgIpc) is 2.54. The normalized spacial score (nSPS) is 15.7. The summed E-state index contributed by atoms with van der Waals surface area (Å²) in [6.45, 7) is 2.31. The highest BCUT2D eigenvalue weighted by Crippen LogP contribution is 2.38. The molecule has 0 radical (unpaired) electrons. The molecule has 1 saturated heterocycles. The van der Waals surface area contributed by atoms with E-state index in [2.05, 4.69) is 10.3 Å². The number of nitrogens with one attached hydrogen (secondary N) is 1. The van der Waals surface area contributed by atoms with Crippen molar-refractivity contribution in [2.24, 2.45) is 0 Å². The Kier molecular flexibility index (Phi) is 4.46. The second-order valence-corrected chi connectivity index (χ2v) is 5.78. The molecule has 1 aromatic carbocycles. The van der Waals surface area contributed by atoms with Crippen LogP contribution in [0, 0.1) is 0 Å². The summed E-state index contributed by atoms with van der Waals surface area (Å²) in [5.74, 6) is -0.00946. The highest BCUT2D eigenvalue weighted by Gasteiger charge is 2.36. The summed E-state index contributed by atoms with van der Waals surface area (Å²) in [5.41, 5.74) is 0.304. The maximum Gasteiger partial charge on any atom is 0.419 e. The van der Waals surface area contributed by atoms with Gasteiger partial charge in [0.15, 0.2) is 0 Å². The summed E-state index contributed by atoms with van der Waals surface area (Å²) in [6, 6.07) is 7.88. The predicted octanol–water partition coefficient (Wildman–Crippen LogP) is 3.83. The number of alkyl halides is 3. The number of hydrogen-bond donors (Lipinski definition) is 1. The lowest BCUT2D eigenvalue weighted by Crippen LogP contribution is -2.44. The third kappa shape index (κ3) is 3.59. The quantitative estimate of drug-likeness (QED) is 0.899. The van der Waals surface area contributed by atoms with Crippen LogP contribution in [0.5, 0.6) is 0 Å². The van der Waals surface area contributed by atoms with Gasteiger partial charge in [-0.1, -0.05) is 23.7 Å². The number of piperazine rings is 1. The van der Waals surface area contributed by atoms with Gasteiger partial charge >= 0.3 is 6.18 Å². The molecule has 23 heavy (non-hydrogen) atoms. The number of nitrogens with zero attached hydrogens (tertiary/aromatic N) is 2. The number of halogens is 4. The maximum atomic E-state index is 13.5. The molecule has 2 aromatic rings. The van der Waals surface area contributed by atoms with Crippen LogP contribution in [-0.2, 0) is 6.18 Å². The summed E-state index contributed by atoms with van der Waals surface area (Å²) >= 11 is 5.92. The molecule has 122 valence electrons. The number of anilines is 1. The van der Waals surface area contributed by atoms with E-state index in [9.17, 15) is 13.2 Å². The molecule has 3 rings (SSSR count). The van der Waals surface area contributed by atoms with Crippen LogP contribution in [0.2, 0.25) is 5.02 Å². The molecule has 0 saturated carbocycles. The largest absolute Gasteiger partial charge is 0.419 e. The van der Waals surface area contributed by atoms with Crippen molar-refractivity contribution in [2.45, 2.75) is 6.18 Å². The Balaban J connectivity index is 2.05. The fourth-order valence-corrected chi connectivity index (χ4v) is 2.81. The maximum absolute atomic E-state index is 13.5. The molecule has 0 atom stereocenters. The number of aromatic nitrogens is 1. The number of rotatable bonds is 2. The minimum atomic E-state index is -4.46. The highest BCUT2D eigenvalue weighted by molar-refractivity contribution is 6.30. The Bertz CT molecular complexity index is 697. The lowest BCUT2D eigenvalue weighted by Gasteiger charge is -2.30. The van der Waals surface area contributed by atoms with E-state index in [0.29, 0.717) is 42.3 Å². The van der Waals surface area contributed by atoms with Crippen LogP contribution < -0.4 is 10.2 Å². The third-order valence-corrected chi connectivity index (χ3v) is 3.98. The van der Waals surface area contributed by atoms with Crippen LogP contribution in [0.1, 0.15) is 5.56 Å².